The molecular formula is C23H17BrFN3O5S2. The Labute approximate surface area is 211 Å². The number of methoxy groups -OCH3 is 1. The Morgan fingerprint density at radius 1 is 1.09 bits per heavy atom. The van der Waals surface area contributed by atoms with Crippen LogP contribution in [0.4, 0.5) is 10.1 Å². The summed E-state index contributed by atoms with van der Waals surface area (Å²) in [4.78, 5) is 29.2. The summed E-state index contributed by atoms with van der Waals surface area (Å²) < 4.78 is 48.4. The fourth-order valence-electron chi connectivity index (χ4n) is 3.14. The molecule has 0 bridgehead atoms. The van der Waals surface area contributed by atoms with Gasteiger partial charge in [0.15, 0.2) is 4.80 Å². The molecule has 1 N–H and O–H groups in total. The maximum atomic E-state index is 13.1. The molecule has 3 aromatic carbocycles. The number of nitrogens with one attached hydrogen (secondary N) is 1. The van der Waals surface area contributed by atoms with Gasteiger partial charge in [0.05, 0.1) is 22.2 Å². The van der Waals surface area contributed by atoms with Gasteiger partial charge in [0.1, 0.15) is 12.4 Å². The van der Waals surface area contributed by atoms with Gasteiger partial charge >= 0.3 is 5.97 Å². The number of anilines is 1. The molecule has 0 aliphatic rings. The Morgan fingerprint density at radius 3 is 2.43 bits per heavy atom. The van der Waals surface area contributed by atoms with Crippen LogP contribution in [0.1, 0.15) is 10.4 Å². The van der Waals surface area contributed by atoms with E-state index in [1.165, 1.54) is 42.7 Å². The number of fused-ring (bicyclic) bond motifs is 1. The van der Waals surface area contributed by atoms with Crippen molar-refractivity contribution in [3.05, 3.63) is 87.4 Å². The minimum Gasteiger partial charge on any atom is -0.468 e. The van der Waals surface area contributed by atoms with E-state index in [0.717, 1.165) is 39.0 Å². The lowest BCUT2D eigenvalue weighted by Gasteiger charge is -2.08. The van der Waals surface area contributed by atoms with E-state index in [1.807, 2.05) is 18.2 Å². The molecule has 1 heterocycles. The van der Waals surface area contributed by atoms with E-state index >= 15 is 0 Å². The van der Waals surface area contributed by atoms with Gasteiger partial charge in [-0.3, -0.25) is 14.3 Å². The van der Waals surface area contributed by atoms with Gasteiger partial charge in [-0.05, 0) is 66.7 Å². The fourth-order valence-corrected chi connectivity index (χ4v) is 5.78. The van der Waals surface area contributed by atoms with Crippen LogP contribution in [0, 0.1) is 5.82 Å². The zero-order valence-electron chi connectivity index (χ0n) is 18.1. The average molecular weight is 578 g/mol. The number of benzene rings is 3. The second kappa shape index (κ2) is 10.1. The van der Waals surface area contributed by atoms with E-state index in [0.29, 0.717) is 4.80 Å². The molecule has 4 rings (SSSR count). The van der Waals surface area contributed by atoms with Gasteiger partial charge in [0, 0.05) is 15.7 Å². The smallest absolute Gasteiger partial charge is 0.325 e. The number of carbonyl (C=O) groups is 2. The molecule has 35 heavy (non-hydrogen) atoms. The van der Waals surface area contributed by atoms with Crippen molar-refractivity contribution in [3.8, 4) is 0 Å². The molecular weight excluding hydrogens is 561 g/mol. The highest BCUT2D eigenvalue weighted by Gasteiger charge is 2.16. The number of carbonyl (C=O) groups excluding carboxylic acids is 2. The third-order valence-electron chi connectivity index (χ3n) is 4.86. The van der Waals surface area contributed by atoms with E-state index < -0.39 is 27.7 Å². The summed E-state index contributed by atoms with van der Waals surface area (Å²) in [5.74, 6) is -1.60. The van der Waals surface area contributed by atoms with Crippen LogP contribution in [-0.4, -0.2) is 32.0 Å². The lowest BCUT2D eigenvalue weighted by atomic mass is 10.2. The summed E-state index contributed by atoms with van der Waals surface area (Å²) in [5, 5.41) is 0. The Kier molecular flexibility index (Phi) is 7.15. The summed E-state index contributed by atoms with van der Waals surface area (Å²) in [5.41, 5.74) is 1.16. The molecule has 0 saturated heterocycles. The van der Waals surface area contributed by atoms with Crippen LogP contribution in [-0.2, 0) is 26.1 Å². The standard InChI is InChI=1S/C23H17BrFN3O5S2/c1-33-21(29)13-28-19-11-4-15(24)12-20(19)34-23(28)26-22(30)14-2-7-17(8-3-14)27-35(31,32)18-9-5-16(25)6-10-18/h2-12,27H,13H2,1H3. The third kappa shape index (κ3) is 5.66. The van der Waals surface area contributed by atoms with Crippen LogP contribution >= 0.6 is 27.3 Å². The molecule has 0 unspecified atom stereocenters. The second-order valence-electron chi connectivity index (χ2n) is 7.21. The second-order valence-corrected chi connectivity index (χ2v) is 10.8. The van der Waals surface area contributed by atoms with E-state index in [4.69, 9.17) is 4.74 Å². The molecule has 0 saturated carbocycles. The van der Waals surface area contributed by atoms with Gasteiger partial charge in [-0.15, -0.1) is 0 Å². The Hall–Kier alpha value is -3.35. The highest BCUT2D eigenvalue weighted by Crippen LogP contribution is 2.23. The largest absolute Gasteiger partial charge is 0.468 e. The van der Waals surface area contributed by atoms with Crippen molar-refractivity contribution < 1.29 is 27.1 Å². The quantitative estimate of drug-likeness (QED) is 0.343. The molecule has 0 aliphatic carbocycles. The number of amides is 1. The van der Waals surface area contributed by atoms with Crippen molar-refractivity contribution in [3.63, 3.8) is 0 Å². The van der Waals surface area contributed by atoms with Crippen molar-refractivity contribution >= 4 is 65.1 Å². The molecule has 180 valence electrons. The number of sulfonamides is 1. The van der Waals surface area contributed by atoms with Crippen molar-refractivity contribution in [1.29, 1.82) is 0 Å². The van der Waals surface area contributed by atoms with Crippen molar-refractivity contribution in [2.45, 2.75) is 11.4 Å². The molecule has 0 aliphatic heterocycles. The zero-order chi connectivity index (χ0) is 25.2. The molecule has 0 spiro atoms. The van der Waals surface area contributed by atoms with Gasteiger partial charge in [-0.25, -0.2) is 12.8 Å². The average Bonchev–Trinajstić information content (AvgIpc) is 3.15. The van der Waals surface area contributed by atoms with Crippen LogP contribution in [0.15, 0.2) is 81.1 Å². The number of ether oxygens (including phenoxy) is 1. The van der Waals surface area contributed by atoms with Crippen LogP contribution in [0.25, 0.3) is 10.2 Å². The summed E-state index contributed by atoms with van der Waals surface area (Å²) >= 11 is 4.65. The predicted octanol–water partition coefficient (Wildman–Crippen LogP) is 4.32. The normalized spacial score (nSPS) is 12.0. The van der Waals surface area contributed by atoms with Crippen molar-refractivity contribution in [2.75, 3.05) is 11.8 Å². The number of aromatic nitrogens is 1. The number of thiazole rings is 1. The van der Waals surface area contributed by atoms with Crippen molar-refractivity contribution in [1.82, 2.24) is 4.57 Å². The maximum Gasteiger partial charge on any atom is 0.325 e. The number of hydrogen-bond donors (Lipinski definition) is 1. The van der Waals surface area contributed by atoms with Crippen LogP contribution in [0.3, 0.4) is 0 Å². The van der Waals surface area contributed by atoms with Crippen LogP contribution < -0.4 is 9.52 Å². The van der Waals surface area contributed by atoms with Gasteiger partial charge in [-0.2, -0.15) is 4.99 Å². The lowest BCUT2D eigenvalue weighted by Crippen LogP contribution is -2.22. The first-order valence-electron chi connectivity index (χ1n) is 9.99. The molecule has 0 radical (unpaired) electrons. The number of rotatable bonds is 6. The molecule has 8 nitrogen and oxygen atoms in total. The first kappa shape index (κ1) is 24.8. The Bertz CT molecular complexity index is 1600. The number of nitrogens with zero attached hydrogens (tertiary/aromatic N) is 2. The molecule has 4 aromatic rings. The molecule has 1 aromatic heterocycles. The Morgan fingerprint density at radius 2 is 1.77 bits per heavy atom. The van der Waals surface area contributed by atoms with Gasteiger partial charge in [-0.1, -0.05) is 27.3 Å². The lowest BCUT2D eigenvalue weighted by molar-refractivity contribution is -0.141. The van der Waals surface area contributed by atoms with E-state index in [9.17, 15) is 22.4 Å². The highest BCUT2D eigenvalue weighted by atomic mass is 79.9. The highest BCUT2D eigenvalue weighted by molar-refractivity contribution is 9.10. The summed E-state index contributed by atoms with van der Waals surface area (Å²) in [6.07, 6.45) is 0. The molecule has 0 atom stereocenters. The van der Waals surface area contributed by atoms with E-state index in [1.54, 1.807) is 4.57 Å². The molecule has 12 heteroatoms. The number of hydrogen-bond acceptors (Lipinski definition) is 6. The molecule has 0 fully saturated rings. The summed E-state index contributed by atoms with van der Waals surface area (Å²) in [7, 11) is -2.64. The topological polar surface area (TPSA) is 107 Å². The van der Waals surface area contributed by atoms with Crippen LogP contribution in [0.2, 0.25) is 0 Å². The van der Waals surface area contributed by atoms with Gasteiger partial charge < -0.3 is 9.30 Å². The van der Waals surface area contributed by atoms with Crippen molar-refractivity contribution in [2.24, 2.45) is 4.99 Å². The minimum atomic E-state index is -3.92. The monoisotopic (exact) mass is 577 g/mol. The predicted molar refractivity (Wildman–Crippen MR) is 133 cm³/mol. The zero-order valence-corrected chi connectivity index (χ0v) is 21.3. The van der Waals surface area contributed by atoms with Gasteiger partial charge in [0.25, 0.3) is 15.9 Å². The first-order valence-corrected chi connectivity index (χ1v) is 13.1. The number of esters is 1. The van der Waals surface area contributed by atoms with E-state index in [2.05, 4.69) is 25.6 Å². The summed E-state index contributed by atoms with van der Waals surface area (Å²) in [6.45, 7) is -0.117. The van der Waals surface area contributed by atoms with E-state index in [-0.39, 0.29) is 22.7 Å². The molecule has 1 amide bonds. The summed E-state index contributed by atoms with van der Waals surface area (Å²) in [6, 6.07) is 15.6. The number of halogens is 2. The third-order valence-corrected chi connectivity index (χ3v) is 7.80. The van der Waals surface area contributed by atoms with Gasteiger partial charge in [0.2, 0.25) is 0 Å². The SMILES string of the molecule is COC(=O)Cn1c(=NC(=O)c2ccc(NS(=O)(=O)c3ccc(F)cc3)cc2)sc2cc(Br)ccc21. The first-order chi connectivity index (χ1) is 16.7. The van der Waals surface area contributed by atoms with Crippen LogP contribution in [0.5, 0.6) is 0 Å². The fraction of sp³-hybridized carbons (Fsp3) is 0.0870. The Balaban J connectivity index is 1.62. The maximum absolute atomic E-state index is 13.1. The minimum absolute atomic E-state index is 0.0967.